The van der Waals surface area contributed by atoms with Gasteiger partial charge in [-0.1, -0.05) is 36.4 Å². The molecule has 6 nitrogen and oxygen atoms in total. The second kappa shape index (κ2) is 7.52. The number of rotatable bonds is 2. The summed E-state index contributed by atoms with van der Waals surface area (Å²) in [6.45, 7) is 4.30. The SMILES string of the molecule is CN1CCN(C(=O)C2CC3(CO2)CN(C(=O)c2ccccc2)c2ccccc23)CC1. The van der Waals surface area contributed by atoms with Crippen LogP contribution in [0.3, 0.4) is 0 Å². The number of likely N-dealkylation sites (N-methyl/N-ethyl adjacent to an activating group) is 1. The highest BCUT2D eigenvalue weighted by atomic mass is 16.5. The van der Waals surface area contributed by atoms with E-state index in [1.807, 2.05) is 58.3 Å². The highest BCUT2D eigenvalue weighted by molar-refractivity contribution is 6.07. The Hall–Kier alpha value is -2.70. The molecular weight excluding hydrogens is 378 g/mol. The van der Waals surface area contributed by atoms with E-state index in [0.717, 1.165) is 37.4 Å². The number of hydrogen-bond acceptors (Lipinski definition) is 4. The third-order valence-corrected chi connectivity index (χ3v) is 6.72. The van der Waals surface area contributed by atoms with Crippen LogP contribution in [0, 0.1) is 0 Å². The average Bonchev–Trinajstić information content (AvgIpc) is 3.36. The van der Waals surface area contributed by atoms with E-state index in [1.54, 1.807) is 0 Å². The van der Waals surface area contributed by atoms with Gasteiger partial charge in [0.2, 0.25) is 0 Å². The van der Waals surface area contributed by atoms with Crippen LogP contribution in [-0.4, -0.2) is 74.1 Å². The van der Waals surface area contributed by atoms with Crippen molar-refractivity contribution in [1.82, 2.24) is 9.80 Å². The molecule has 0 radical (unpaired) electrons. The Morgan fingerprint density at radius 2 is 1.67 bits per heavy atom. The number of amides is 2. The number of carbonyl (C=O) groups is 2. The molecular formula is C24H27N3O3. The maximum absolute atomic E-state index is 13.2. The Kier molecular flexibility index (Phi) is 4.83. The van der Waals surface area contributed by atoms with Crippen LogP contribution in [0.25, 0.3) is 0 Å². The molecule has 2 unspecified atom stereocenters. The van der Waals surface area contributed by atoms with Crippen LogP contribution < -0.4 is 4.90 Å². The number of hydrogen-bond donors (Lipinski definition) is 0. The first-order chi connectivity index (χ1) is 14.6. The standard InChI is InChI=1S/C24H27N3O3/c1-25-11-13-26(14-12-25)23(29)21-15-24(17-30-21)16-27(20-10-6-5-9-19(20)24)22(28)18-7-3-2-4-8-18/h2-10,21H,11-17H2,1H3. The first kappa shape index (κ1) is 19.3. The van der Waals surface area contributed by atoms with E-state index in [4.69, 9.17) is 4.74 Å². The fourth-order valence-electron chi connectivity index (χ4n) is 4.97. The molecule has 0 N–H and O–H groups in total. The topological polar surface area (TPSA) is 53.1 Å². The molecule has 2 fully saturated rings. The monoisotopic (exact) mass is 405 g/mol. The van der Waals surface area contributed by atoms with Gasteiger partial charge in [-0.15, -0.1) is 0 Å². The van der Waals surface area contributed by atoms with Gasteiger partial charge in [-0.2, -0.15) is 0 Å². The summed E-state index contributed by atoms with van der Waals surface area (Å²) in [6.07, 6.45) is 0.182. The van der Waals surface area contributed by atoms with Crippen LogP contribution in [0.15, 0.2) is 54.6 Å². The first-order valence-electron chi connectivity index (χ1n) is 10.6. The quantitative estimate of drug-likeness (QED) is 0.768. The molecule has 5 rings (SSSR count). The van der Waals surface area contributed by atoms with Crippen LogP contribution in [-0.2, 0) is 14.9 Å². The molecule has 0 aromatic heterocycles. The molecule has 156 valence electrons. The van der Waals surface area contributed by atoms with Crippen molar-refractivity contribution < 1.29 is 14.3 Å². The maximum Gasteiger partial charge on any atom is 0.258 e. The highest BCUT2D eigenvalue weighted by Crippen LogP contribution is 2.48. The second-order valence-electron chi connectivity index (χ2n) is 8.69. The molecule has 2 atom stereocenters. The van der Waals surface area contributed by atoms with E-state index < -0.39 is 6.10 Å². The van der Waals surface area contributed by atoms with Gasteiger partial charge in [-0.25, -0.2) is 0 Å². The lowest BCUT2D eigenvalue weighted by Gasteiger charge is -2.33. The molecule has 3 heterocycles. The zero-order chi connectivity index (χ0) is 20.7. The van der Waals surface area contributed by atoms with Gasteiger partial charge in [0.05, 0.1) is 6.61 Å². The first-order valence-corrected chi connectivity index (χ1v) is 10.6. The number of nitrogens with zero attached hydrogens (tertiary/aromatic N) is 3. The van der Waals surface area contributed by atoms with Gasteiger partial charge in [0.15, 0.2) is 0 Å². The number of anilines is 1. The molecule has 30 heavy (non-hydrogen) atoms. The van der Waals surface area contributed by atoms with Gasteiger partial charge in [-0.05, 0) is 37.2 Å². The van der Waals surface area contributed by atoms with Gasteiger partial charge in [0.1, 0.15) is 6.10 Å². The Morgan fingerprint density at radius 3 is 2.43 bits per heavy atom. The Labute approximate surface area is 177 Å². The fourth-order valence-corrected chi connectivity index (χ4v) is 4.97. The van der Waals surface area contributed by atoms with Gasteiger partial charge in [-0.3, -0.25) is 9.59 Å². The molecule has 0 saturated carbocycles. The summed E-state index contributed by atoms with van der Waals surface area (Å²) in [4.78, 5) is 32.4. The minimum atomic E-state index is -0.437. The third-order valence-electron chi connectivity index (χ3n) is 6.72. The number of carbonyl (C=O) groups excluding carboxylic acids is 2. The predicted molar refractivity (Wildman–Crippen MR) is 115 cm³/mol. The van der Waals surface area contributed by atoms with Crippen LogP contribution in [0.4, 0.5) is 5.69 Å². The Balaban J connectivity index is 1.39. The van der Waals surface area contributed by atoms with Crippen LogP contribution in [0.5, 0.6) is 0 Å². The minimum Gasteiger partial charge on any atom is -0.367 e. The van der Waals surface area contributed by atoms with Crippen molar-refractivity contribution in [1.29, 1.82) is 0 Å². The van der Waals surface area contributed by atoms with Crippen LogP contribution in [0.2, 0.25) is 0 Å². The number of ether oxygens (including phenoxy) is 1. The van der Waals surface area contributed by atoms with Crippen molar-refractivity contribution in [2.24, 2.45) is 0 Å². The van der Waals surface area contributed by atoms with E-state index in [-0.39, 0.29) is 17.2 Å². The third kappa shape index (κ3) is 3.20. The van der Waals surface area contributed by atoms with Crippen molar-refractivity contribution in [3.63, 3.8) is 0 Å². The van der Waals surface area contributed by atoms with E-state index >= 15 is 0 Å². The van der Waals surface area contributed by atoms with E-state index in [1.165, 1.54) is 0 Å². The summed E-state index contributed by atoms with van der Waals surface area (Å²) < 4.78 is 6.08. The molecule has 3 aliphatic heterocycles. The van der Waals surface area contributed by atoms with E-state index in [9.17, 15) is 9.59 Å². The summed E-state index contributed by atoms with van der Waals surface area (Å²) >= 11 is 0. The molecule has 2 amide bonds. The second-order valence-corrected chi connectivity index (χ2v) is 8.69. The highest BCUT2D eigenvalue weighted by Gasteiger charge is 2.52. The molecule has 2 aromatic rings. The van der Waals surface area contributed by atoms with Gasteiger partial charge < -0.3 is 19.4 Å². The van der Waals surface area contributed by atoms with Crippen LogP contribution >= 0.6 is 0 Å². The zero-order valence-corrected chi connectivity index (χ0v) is 17.3. The smallest absolute Gasteiger partial charge is 0.258 e. The summed E-state index contributed by atoms with van der Waals surface area (Å²) in [6, 6.07) is 17.4. The zero-order valence-electron chi connectivity index (χ0n) is 17.3. The average molecular weight is 405 g/mol. The van der Waals surface area contributed by atoms with E-state index in [2.05, 4.69) is 18.0 Å². The number of para-hydroxylation sites is 1. The van der Waals surface area contributed by atoms with Gasteiger partial charge in [0.25, 0.3) is 11.8 Å². The van der Waals surface area contributed by atoms with Crippen molar-refractivity contribution in [2.45, 2.75) is 17.9 Å². The van der Waals surface area contributed by atoms with Crippen molar-refractivity contribution in [3.05, 3.63) is 65.7 Å². The van der Waals surface area contributed by atoms with Gasteiger partial charge in [0, 0.05) is 49.4 Å². The van der Waals surface area contributed by atoms with E-state index in [0.29, 0.717) is 25.1 Å². The largest absolute Gasteiger partial charge is 0.367 e. The molecule has 0 aliphatic carbocycles. The summed E-state index contributed by atoms with van der Waals surface area (Å²) in [5.74, 6) is 0.0825. The molecule has 6 heteroatoms. The summed E-state index contributed by atoms with van der Waals surface area (Å²) in [5.41, 5.74) is 2.40. The lowest BCUT2D eigenvalue weighted by Crippen LogP contribution is -2.50. The lowest BCUT2D eigenvalue weighted by molar-refractivity contribution is -0.142. The number of fused-ring (bicyclic) bond motifs is 2. The summed E-state index contributed by atoms with van der Waals surface area (Å²) in [5, 5.41) is 0. The Morgan fingerprint density at radius 1 is 0.967 bits per heavy atom. The summed E-state index contributed by atoms with van der Waals surface area (Å²) in [7, 11) is 2.08. The normalized spacial score (nSPS) is 26.2. The predicted octanol–water partition coefficient (Wildman–Crippen LogP) is 2.15. The molecule has 0 bridgehead atoms. The lowest BCUT2D eigenvalue weighted by atomic mass is 9.80. The van der Waals surface area contributed by atoms with Gasteiger partial charge >= 0.3 is 0 Å². The molecule has 1 spiro atoms. The van der Waals surface area contributed by atoms with Crippen molar-refractivity contribution in [2.75, 3.05) is 51.3 Å². The number of benzene rings is 2. The maximum atomic E-state index is 13.2. The Bertz CT molecular complexity index is 955. The fraction of sp³-hybridized carbons (Fsp3) is 0.417. The van der Waals surface area contributed by atoms with Crippen molar-refractivity contribution >= 4 is 17.5 Å². The molecule has 2 aromatic carbocycles. The van der Waals surface area contributed by atoms with Crippen LogP contribution in [0.1, 0.15) is 22.3 Å². The number of piperazine rings is 1. The minimum absolute atomic E-state index is 0.00577. The van der Waals surface area contributed by atoms with Crippen molar-refractivity contribution in [3.8, 4) is 0 Å². The molecule has 3 aliphatic rings. The molecule has 2 saturated heterocycles.